The summed E-state index contributed by atoms with van der Waals surface area (Å²) in [6.07, 6.45) is 1.11. The molecule has 0 amide bonds. The van der Waals surface area contributed by atoms with Crippen LogP contribution in [-0.4, -0.2) is 36.6 Å². The second-order valence-corrected chi connectivity index (χ2v) is 6.49. The average molecular weight is 272 g/mol. The maximum atomic E-state index is 4.09. The standard InChI is InChI=1S/C18H28N2/c1-14(2)12-20-13-17(19-11-18(20)15(3)4)10-16-8-6-5-7-9-16/h5-9,15,17-19H,1,10-13H2,2-4H3. The first-order valence-electron chi connectivity index (χ1n) is 7.72. The van der Waals surface area contributed by atoms with Crippen LogP contribution >= 0.6 is 0 Å². The van der Waals surface area contributed by atoms with Crippen LogP contribution in [0.3, 0.4) is 0 Å². The Kier molecular flexibility index (Phi) is 5.38. The monoisotopic (exact) mass is 272 g/mol. The average Bonchev–Trinajstić information content (AvgIpc) is 2.39. The van der Waals surface area contributed by atoms with Gasteiger partial charge in [-0.25, -0.2) is 0 Å². The molecule has 2 nitrogen and oxygen atoms in total. The summed E-state index contributed by atoms with van der Waals surface area (Å²) >= 11 is 0. The van der Waals surface area contributed by atoms with Crippen molar-refractivity contribution in [3.8, 4) is 0 Å². The molecule has 1 fully saturated rings. The summed E-state index contributed by atoms with van der Waals surface area (Å²) in [5, 5.41) is 3.73. The van der Waals surface area contributed by atoms with Gasteiger partial charge in [0.15, 0.2) is 0 Å². The van der Waals surface area contributed by atoms with Gasteiger partial charge in [0.25, 0.3) is 0 Å². The lowest BCUT2D eigenvalue weighted by molar-refractivity contribution is 0.109. The van der Waals surface area contributed by atoms with Gasteiger partial charge in [0.2, 0.25) is 0 Å². The van der Waals surface area contributed by atoms with Crippen LogP contribution in [0.2, 0.25) is 0 Å². The van der Waals surface area contributed by atoms with Crippen LogP contribution in [0.15, 0.2) is 42.5 Å². The molecule has 0 spiro atoms. The number of benzene rings is 1. The van der Waals surface area contributed by atoms with Crippen molar-refractivity contribution in [1.29, 1.82) is 0 Å². The zero-order chi connectivity index (χ0) is 14.5. The predicted octanol–water partition coefficient (Wildman–Crippen LogP) is 3.10. The molecule has 1 aromatic carbocycles. The Hall–Kier alpha value is -1.12. The number of hydrogen-bond acceptors (Lipinski definition) is 2. The summed E-state index contributed by atoms with van der Waals surface area (Å²) in [6.45, 7) is 14.1. The van der Waals surface area contributed by atoms with Gasteiger partial charge >= 0.3 is 0 Å². The molecule has 0 aromatic heterocycles. The highest BCUT2D eigenvalue weighted by Gasteiger charge is 2.29. The van der Waals surface area contributed by atoms with Crippen molar-refractivity contribution in [3.63, 3.8) is 0 Å². The highest BCUT2D eigenvalue weighted by atomic mass is 15.2. The van der Waals surface area contributed by atoms with E-state index in [4.69, 9.17) is 0 Å². The SMILES string of the molecule is C=C(C)CN1CC(Cc2ccccc2)NCC1C(C)C. The summed E-state index contributed by atoms with van der Waals surface area (Å²) in [6, 6.07) is 11.9. The van der Waals surface area contributed by atoms with Gasteiger partial charge in [-0.2, -0.15) is 0 Å². The van der Waals surface area contributed by atoms with Crippen molar-refractivity contribution in [2.45, 2.75) is 39.3 Å². The molecule has 1 N–H and O–H groups in total. The molecule has 110 valence electrons. The predicted molar refractivity (Wildman–Crippen MR) is 86.9 cm³/mol. The van der Waals surface area contributed by atoms with E-state index in [1.165, 1.54) is 11.1 Å². The zero-order valence-electron chi connectivity index (χ0n) is 13.1. The van der Waals surface area contributed by atoms with Gasteiger partial charge in [0.05, 0.1) is 0 Å². The fraction of sp³-hybridized carbons (Fsp3) is 0.556. The smallest absolute Gasteiger partial charge is 0.0247 e. The van der Waals surface area contributed by atoms with Gasteiger partial charge in [-0.1, -0.05) is 56.3 Å². The molecule has 1 heterocycles. The zero-order valence-corrected chi connectivity index (χ0v) is 13.1. The van der Waals surface area contributed by atoms with E-state index >= 15 is 0 Å². The van der Waals surface area contributed by atoms with Crippen molar-refractivity contribution in [3.05, 3.63) is 48.0 Å². The van der Waals surface area contributed by atoms with Crippen molar-refractivity contribution < 1.29 is 0 Å². The molecule has 1 aliphatic heterocycles. The summed E-state index contributed by atoms with van der Waals surface area (Å²) in [5.74, 6) is 0.680. The number of piperazine rings is 1. The quantitative estimate of drug-likeness (QED) is 0.829. The van der Waals surface area contributed by atoms with Gasteiger partial charge in [0, 0.05) is 31.7 Å². The first kappa shape index (κ1) is 15.3. The highest BCUT2D eigenvalue weighted by Crippen LogP contribution is 2.18. The molecule has 0 saturated carbocycles. The first-order valence-corrected chi connectivity index (χ1v) is 7.72. The van der Waals surface area contributed by atoms with E-state index in [0.717, 1.165) is 26.1 Å². The molecule has 2 atom stereocenters. The highest BCUT2D eigenvalue weighted by molar-refractivity contribution is 5.16. The molecule has 1 aliphatic rings. The minimum Gasteiger partial charge on any atom is -0.311 e. The molecule has 0 radical (unpaired) electrons. The lowest BCUT2D eigenvalue weighted by atomic mass is 9.95. The summed E-state index contributed by atoms with van der Waals surface area (Å²) in [5.41, 5.74) is 2.68. The Bertz CT molecular complexity index is 424. The molecule has 1 saturated heterocycles. The van der Waals surface area contributed by atoms with E-state index in [9.17, 15) is 0 Å². The van der Waals surface area contributed by atoms with Gasteiger partial charge in [-0.15, -0.1) is 0 Å². The second-order valence-electron chi connectivity index (χ2n) is 6.49. The molecule has 1 aromatic rings. The maximum absolute atomic E-state index is 4.09. The van der Waals surface area contributed by atoms with Crippen LogP contribution in [0, 0.1) is 5.92 Å². The normalized spacial score (nSPS) is 24.0. The topological polar surface area (TPSA) is 15.3 Å². The van der Waals surface area contributed by atoms with Crippen LogP contribution in [-0.2, 0) is 6.42 Å². The number of nitrogens with zero attached hydrogens (tertiary/aromatic N) is 1. The number of hydrogen-bond donors (Lipinski definition) is 1. The van der Waals surface area contributed by atoms with Crippen LogP contribution in [0.4, 0.5) is 0 Å². The van der Waals surface area contributed by atoms with Gasteiger partial charge in [-0.05, 0) is 24.8 Å². The second kappa shape index (κ2) is 7.05. The van der Waals surface area contributed by atoms with Gasteiger partial charge in [0.1, 0.15) is 0 Å². The summed E-state index contributed by atoms with van der Waals surface area (Å²) in [4.78, 5) is 2.61. The molecular weight excluding hydrogens is 244 g/mol. The molecule has 20 heavy (non-hydrogen) atoms. The van der Waals surface area contributed by atoms with Crippen molar-refractivity contribution in [2.75, 3.05) is 19.6 Å². The molecule has 2 unspecified atom stereocenters. The van der Waals surface area contributed by atoms with Gasteiger partial charge < -0.3 is 5.32 Å². The van der Waals surface area contributed by atoms with Crippen molar-refractivity contribution in [2.24, 2.45) is 5.92 Å². The Labute approximate surface area is 123 Å². The van der Waals surface area contributed by atoms with E-state index in [1.54, 1.807) is 0 Å². The Balaban J connectivity index is 1.99. The third-order valence-electron chi connectivity index (χ3n) is 4.11. The minimum absolute atomic E-state index is 0.548. The van der Waals surface area contributed by atoms with E-state index in [0.29, 0.717) is 18.0 Å². The Morgan fingerprint density at radius 3 is 2.65 bits per heavy atom. The Morgan fingerprint density at radius 2 is 2.05 bits per heavy atom. The fourth-order valence-corrected chi connectivity index (χ4v) is 3.12. The Morgan fingerprint density at radius 1 is 1.35 bits per heavy atom. The van der Waals surface area contributed by atoms with Crippen molar-refractivity contribution in [1.82, 2.24) is 10.2 Å². The van der Waals surface area contributed by atoms with Crippen LogP contribution in [0.1, 0.15) is 26.3 Å². The maximum Gasteiger partial charge on any atom is 0.0247 e. The molecule has 0 aliphatic carbocycles. The van der Waals surface area contributed by atoms with Crippen LogP contribution < -0.4 is 5.32 Å². The lowest BCUT2D eigenvalue weighted by Crippen LogP contribution is -2.59. The molecular formula is C18H28N2. The van der Waals surface area contributed by atoms with E-state index in [2.05, 4.69) is 67.9 Å². The third kappa shape index (κ3) is 4.19. The largest absolute Gasteiger partial charge is 0.311 e. The molecule has 2 heteroatoms. The van der Waals surface area contributed by atoms with E-state index in [1.807, 2.05) is 0 Å². The summed E-state index contributed by atoms with van der Waals surface area (Å²) in [7, 11) is 0. The molecule has 0 bridgehead atoms. The van der Waals surface area contributed by atoms with E-state index < -0.39 is 0 Å². The van der Waals surface area contributed by atoms with Gasteiger partial charge in [-0.3, -0.25) is 4.90 Å². The third-order valence-corrected chi connectivity index (χ3v) is 4.11. The van der Waals surface area contributed by atoms with Crippen molar-refractivity contribution >= 4 is 0 Å². The first-order chi connectivity index (χ1) is 9.56. The number of nitrogens with one attached hydrogen (secondary N) is 1. The number of rotatable bonds is 5. The lowest BCUT2D eigenvalue weighted by Gasteiger charge is -2.42. The fourth-order valence-electron chi connectivity index (χ4n) is 3.12. The van der Waals surface area contributed by atoms with E-state index in [-0.39, 0.29) is 0 Å². The minimum atomic E-state index is 0.548. The van der Waals surface area contributed by atoms with Crippen LogP contribution in [0.25, 0.3) is 0 Å². The molecule has 2 rings (SSSR count). The van der Waals surface area contributed by atoms with Crippen LogP contribution in [0.5, 0.6) is 0 Å². The summed E-state index contributed by atoms with van der Waals surface area (Å²) < 4.78 is 0.